The highest BCUT2D eigenvalue weighted by Gasteiger charge is 2.29. The van der Waals surface area contributed by atoms with Gasteiger partial charge in [-0.2, -0.15) is 0 Å². The number of anilines is 1. The number of carbonyl (C=O) groups is 2. The first-order chi connectivity index (χ1) is 16.6. The van der Waals surface area contributed by atoms with E-state index in [1.165, 1.54) is 4.31 Å². The molecule has 192 valence electrons. The summed E-state index contributed by atoms with van der Waals surface area (Å²) in [6.07, 6.45) is 2.93. The molecule has 2 atom stereocenters. The van der Waals surface area contributed by atoms with Crippen LogP contribution in [0.15, 0.2) is 54.6 Å². The summed E-state index contributed by atoms with van der Waals surface area (Å²) < 4.78 is 26.1. The Morgan fingerprint density at radius 2 is 1.69 bits per heavy atom. The Bertz CT molecular complexity index is 1070. The first kappa shape index (κ1) is 28.4. The van der Waals surface area contributed by atoms with Crippen LogP contribution in [0.1, 0.15) is 57.6 Å². The van der Waals surface area contributed by atoms with Gasteiger partial charge in [-0.1, -0.05) is 61.9 Å². The molecule has 2 aromatic rings. The van der Waals surface area contributed by atoms with E-state index < -0.39 is 16.1 Å². The van der Waals surface area contributed by atoms with E-state index in [0.717, 1.165) is 23.8 Å². The highest BCUT2D eigenvalue weighted by Crippen LogP contribution is 2.19. The van der Waals surface area contributed by atoms with Crippen molar-refractivity contribution in [1.82, 2.24) is 10.2 Å². The summed E-state index contributed by atoms with van der Waals surface area (Å²) >= 11 is 0. The third-order valence-electron chi connectivity index (χ3n) is 6.02. The Morgan fingerprint density at radius 1 is 1.00 bits per heavy atom. The monoisotopic (exact) mass is 501 g/mol. The second-order valence-corrected chi connectivity index (χ2v) is 10.9. The zero-order valence-electron chi connectivity index (χ0n) is 21.5. The number of nitrogens with one attached hydrogen (secondary N) is 1. The SMILES string of the molecule is CC[C@H](C)NC(=O)[C@H](CC)N(Cc1cccc(C)c1)C(=O)CCCN(c1ccccc1)S(C)(=O)=O. The quantitative estimate of drug-likeness (QED) is 0.444. The van der Waals surface area contributed by atoms with Crippen LogP contribution in [0.5, 0.6) is 0 Å². The van der Waals surface area contributed by atoms with Crippen LogP contribution in [0.3, 0.4) is 0 Å². The van der Waals surface area contributed by atoms with Crippen molar-refractivity contribution in [3.8, 4) is 0 Å². The molecule has 0 bridgehead atoms. The topological polar surface area (TPSA) is 86.8 Å². The molecule has 0 aliphatic rings. The lowest BCUT2D eigenvalue weighted by Crippen LogP contribution is -2.50. The van der Waals surface area contributed by atoms with Gasteiger partial charge in [0.05, 0.1) is 11.9 Å². The summed E-state index contributed by atoms with van der Waals surface area (Å²) in [5, 5.41) is 3.01. The molecule has 2 aromatic carbocycles. The smallest absolute Gasteiger partial charge is 0.243 e. The molecule has 0 radical (unpaired) electrons. The van der Waals surface area contributed by atoms with Gasteiger partial charge < -0.3 is 10.2 Å². The number of benzene rings is 2. The van der Waals surface area contributed by atoms with Crippen molar-refractivity contribution in [2.45, 2.75) is 72.0 Å². The van der Waals surface area contributed by atoms with Crippen LogP contribution in [0.25, 0.3) is 0 Å². The number of hydrogen-bond donors (Lipinski definition) is 1. The van der Waals surface area contributed by atoms with Crippen molar-refractivity contribution in [3.63, 3.8) is 0 Å². The number of carbonyl (C=O) groups excluding carboxylic acids is 2. The molecule has 7 nitrogen and oxygen atoms in total. The fourth-order valence-electron chi connectivity index (χ4n) is 3.97. The van der Waals surface area contributed by atoms with E-state index in [0.29, 0.717) is 25.1 Å². The third-order valence-corrected chi connectivity index (χ3v) is 7.21. The van der Waals surface area contributed by atoms with Crippen LogP contribution < -0.4 is 9.62 Å². The zero-order valence-corrected chi connectivity index (χ0v) is 22.3. The van der Waals surface area contributed by atoms with Crippen molar-refractivity contribution >= 4 is 27.5 Å². The minimum absolute atomic E-state index is 0.0154. The van der Waals surface area contributed by atoms with E-state index in [-0.39, 0.29) is 30.8 Å². The van der Waals surface area contributed by atoms with Gasteiger partial charge in [-0.05, 0) is 50.8 Å². The summed E-state index contributed by atoms with van der Waals surface area (Å²) in [6.45, 7) is 8.34. The van der Waals surface area contributed by atoms with Crippen molar-refractivity contribution in [1.29, 1.82) is 0 Å². The van der Waals surface area contributed by atoms with Gasteiger partial charge in [-0.3, -0.25) is 13.9 Å². The van der Waals surface area contributed by atoms with Crippen LogP contribution >= 0.6 is 0 Å². The van der Waals surface area contributed by atoms with Crippen molar-refractivity contribution in [2.24, 2.45) is 0 Å². The number of para-hydroxylation sites is 1. The van der Waals surface area contributed by atoms with E-state index in [1.807, 2.05) is 58.0 Å². The molecule has 0 aliphatic carbocycles. The molecule has 0 saturated carbocycles. The maximum atomic E-state index is 13.4. The molecule has 0 aliphatic heterocycles. The molecule has 1 N–H and O–H groups in total. The fraction of sp³-hybridized carbons (Fsp3) is 0.481. The van der Waals surface area contributed by atoms with E-state index in [9.17, 15) is 18.0 Å². The van der Waals surface area contributed by atoms with Crippen molar-refractivity contribution < 1.29 is 18.0 Å². The van der Waals surface area contributed by atoms with Crippen LogP contribution in [0.4, 0.5) is 5.69 Å². The van der Waals surface area contributed by atoms with Crippen LogP contribution in [0, 0.1) is 6.92 Å². The van der Waals surface area contributed by atoms with E-state index in [4.69, 9.17) is 0 Å². The molecule has 0 heterocycles. The fourth-order valence-corrected chi connectivity index (χ4v) is 4.93. The molecule has 0 aromatic heterocycles. The van der Waals surface area contributed by atoms with Gasteiger partial charge >= 0.3 is 0 Å². The Labute approximate surface area is 210 Å². The van der Waals surface area contributed by atoms with Gasteiger partial charge in [0.2, 0.25) is 21.8 Å². The highest BCUT2D eigenvalue weighted by atomic mass is 32.2. The van der Waals surface area contributed by atoms with Crippen LogP contribution in [-0.4, -0.2) is 50.0 Å². The van der Waals surface area contributed by atoms with Gasteiger partial charge in [0.1, 0.15) is 6.04 Å². The van der Waals surface area contributed by atoms with Gasteiger partial charge in [0, 0.05) is 25.6 Å². The molecule has 35 heavy (non-hydrogen) atoms. The summed E-state index contributed by atoms with van der Waals surface area (Å²) in [4.78, 5) is 28.1. The minimum Gasteiger partial charge on any atom is -0.352 e. The Hall–Kier alpha value is -2.87. The minimum atomic E-state index is -3.50. The maximum Gasteiger partial charge on any atom is 0.243 e. The van der Waals surface area contributed by atoms with Crippen molar-refractivity contribution in [2.75, 3.05) is 17.1 Å². The van der Waals surface area contributed by atoms with E-state index >= 15 is 0 Å². The lowest BCUT2D eigenvalue weighted by molar-refractivity contribution is -0.141. The second-order valence-electron chi connectivity index (χ2n) is 9.03. The number of aryl methyl sites for hydroxylation is 1. The molecule has 0 spiro atoms. The highest BCUT2D eigenvalue weighted by molar-refractivity contribution is 7.92. The average Bonchev–Trinajstić information content (AvgIpc) is 2.81. The standard InChI is InChI=1S/C27H39N3O4S/c1-6-22(4)28-27(32)25(7-2)29(20-23-14-11-13-21(3)19-23)26(31)17-12-18-30(35(5,33)34)24-15-9-8-10-16-24/h8-11,13-16,19,22,25H,6-7,12,17-18,20H2,1-5H3,(H,28,32)/t22-,25-/m0/s1. The molecule has 2 amide bonds. The maximum absolute atomic E-state index is 13.4. The zero-order chi connectivity index (χ0) is 26.0. The molecular weight excluding hydrogens is 462 g/mol. The molecule has 0 fully saturated rings. The Morgan fingerprint density at radius 3 is 2.26 bits per heavy atom. The first-order valence-electron chi connectivity index (χ1n) is 12.2. The lowest BCUT2D eigenvalue weighted by atomic mass is 10.1. The number of hydrogen-bond acceptors (Lipinski definition) is 4. The molecule has 0 unspecified atom stereocenters. The summed E-state index contributed by atoms with van der Waals surface area (Å²) in [5.74, 6) is -0.330. The molecule has 0 saturated heterocycles. The normalized spacial score (nSPS) is 13.1. The van der Waals surface area contributed by atoms with Crippen LogP contribution in [0.2, 0.25) is 0 Å². The number of nitrogens with zero attached hydrogens (tertiary/aromatic N) is 2. The van der Waals surface area contributed by atoms with Gasteiger partial charge in [-0.25, -0.2) is 8.42 Å². The summed E-state index contributed by atoms with van der Waals surface area (Å²) in [7, 11) is -3.50. The summed E-state index contributed by atoms with van der Waals surface area (Å²) in [5.41, 5.74) is 2.60. The van der Waals surface area contributed by atoms with Crippen molar-refractivity contribution in [3.05, 3.63) is 65.7 Å². The predicted octanol–water partition coefficient (Wildman–Crippen LogP) is 4.26. The van der Waals surface area contributed by atoms with Crippen LogP contribution in [-0.2, 0) is 26.2 Å². The molecule has 2 rings (SSSR count). The Kier molecular flexibility index (Phi) is 10.8. The average molecular weight is 502 g/mol. The third kappa shape index (κ3) is 8.69. The number of amides is 2. The van der Waals surface area contributed by atoms with Gasteiger partial charge in [0.25, 0.3) is 0 Å². The van der Waals surface area contributed by atoms with Gasteiger partial charge in [-0.15, -0.1) is 0 Å². The lowest BCUT2D eigenvalue weighted by Gasteiger charge is -2.32. The first-order valence-corrected chi connectivity index (χ1v) is 14.1. The molecule has 8 heteroatoms. The van der Waals surface area contributed by atoms with E-state index in [1.54, 1.807) is 29.2 Å². The van der Waals surface area contributed by atoms with E-state index in [2.05, 4.69) is 5.32 Å². The van der Waals surface area contributed by atoms with Gasteiger partial charge in [0.15, 0.2) is 0 Å². The Balaban J connectivity index is 2.21. The largest absolute Gasteiger partial charge is 0.352 e. The molecular formula is C27H39N3O4S. The second kappa shape index (κ2) is 13.3. The summed E-state index contributed by atoms with van der Waals surface area (Å²) in [6, 6.07) is 16.2. The predicted molar refractivity (Wildman–Crippen MR) is 142 cm³/mol. The number of rotatable bonds is 13. The number of sulfonamides is 1.